The summed E-state index contributed by atoms with van der Waals surface area (Å²) in [6.07, 6.45) is 0. The fourth-order valence-electron chi connectivity index (χ4n) is 0.223. The molecule has 0 aliphatic rings. The van der Waals surface area contributed by atoms with Crippen molar-refractivity contribution in [3.05, 3.63) is 0 Å². The van der Waals surface area contributed by atoms with E-state index in [1.807, 2.05) is 0 Å². The van der Waals surface area contributed by atoms with Gasteiger partial charge in [0, 0.05) is 5.88 Å². The molecule has 0 saturated heterocycles. The molecule has 0 aromatic heterocycles. The highest BCUT2D eigenvalue weighted by Gasteiger charge is 2.15. The van der Waals surface area contributed by atoms with Crippen LogP contribution < -0.4 is 0 Å². The summed E-state index contributed by atoms with van der Waals surface area (Å²) in [5.41, 5.74) is 0. The van der Waals surface area contributed by atoms with Crippen LogP contribution in [0.25, 0.3) is 0 Å². The maximum Gasteiger partial charge on any atom is 0.469 e. The summed E-state index contributed by atoms with van der Waals surface area (Å²) in [5.74, 6) is 0.0988. The quantitative estimate of drug-likeness (QED) is 0.534. The third-order valence-electron chi connectivity index (χ3n) is 0.591. The first-order valence-corrected chi connectivity index (χ1v) is 4.86. The van der Waals surface area contributed by atoms with E-state index in [1.165, 1.54) is 0 Å². The van der Waals surface area contributed by atoms with Crippen molar-refractivity contribution in [3.8, 4) is 0 Å². The minimum absolute atomic E-state index is 0.0988. The minimum atomic E-state index is -4.38. The van der Waals surface area contributed by atoms with Gasteiger partial charge in [-0.25, -0.2) is 4.57 Å². The fourth-order valence-corrected chi connectivity index (χ4v) is 0.837. The lowest BCUT2D eigenvalue weighted by atomic mass is 10.5. The monoisotopic (exact) mass is 208 g/mol. The van der Waals surface area contributed by atoms with Gasteiger partial charge in [-0.1, -0.05) is 0 Å². The van der Waals surface area contributed by atoms with Crippen molar-refractivity contribution in [2.45, 2.75) is 5.38 Å². The number of halogens is 2. The Morgan fingerprint density at radius 3 is 2.40 bits per heavy atom. The van der Waals surface area contributed by atoms with Crippen LogP contribution >= 0.6 is 31.0 Å². The molecule has 1 unspecified atom stereocenters. The van der Waals surface area contributed by atoms with E-state index in [4.69, 9.17) is 33.0 Å². The maximum absolute atomic E-state index is 10.0. The van der Waals surface area contributed by atoms with Crippen LogP contribution in [-0.2, 0) is 9.09 Å². The van der Waals surface area contributed by atoms with Gasteiger partial charge >= 0.3 is 7.82 Å². The van der Waals surface area contributed by atoms with Gasteiger partial charge in [-0.3, -0.25) is 4.52 Å². The molecule has 0 aliphatic carbocycles. The second-order valence-corrected chi connectivity index (χ2v) is 3.70. The van der Waals surface area contributed by atoms with Gasteiger partial charge in [0.15, 0.2) is 0 Å². The van der Waals surface area contributed by atoms with Crippen molar-refractivity contribution in [2.75, 3.05) is 12.5 Å². The molecule has 4 nitrogen and oxygen atoms in total. The van der Waals surface area contributed by atoms with E-state index in [-0.39, 0.29) is 12.5 Å². The summed E-state index contributed by atoms with van der Waals surface area (Å²) in [6.45, 7) is -0.241. The Hall–Kier alpha value is 0.690. The van der Waals surface area contributed by atoms with Crippen molar-refractivity contribution in [2.24, 2.45) is 0 Å². The molecule has 10 heavy (non-hydrogen) atoms. The second-order valence-electron chi connectivity index (χ2n) is 1.54. The molecule has 2 N–H and O–H groups in total. The number of hydrogen-bond donors (Lipinski definition) is 2. The zero-order valence-electron chi connectivity index (χ0n) is 4.91. The van der Waals surface area contributed by atoms with Gasteiger partial charge in [-0.05, 0) is 0 Å². The molecule has 1 atom stereocenters. The molecule has 62 valence electrons. The Bertz CT molecular complexity index is 134. The molecular formula is C3H7Cl2O4P. The summed E-state index contributed by atoms with van der Waals surface area (Å²) < 4.78 is 14.1. The molecule has 0 saturated carbocycles. The summed E-state index contributed by atoms with van der Waals surface area (Å²) in [5, 5.41) is -0.561. The zero-order chi connectivity index (χ0) is 8.20. The van der Waals surface area contributed by atoms with Gasteiger partial charge in [-0.15, -0.1) is 23.2 Å². The van der Waals surface area contributed by atoms with E-state index < -0.39 is 13.2 Å². The van der Waals surface area contributed by atoms with Crippen molar-refractivity contribution in [3.63, 3.8) is 0 Å². The summed E-state index contributed by atoms with van der Waals surface area (Å²) >= 11 is 10.6. The zero-order valence-corrected chi connectivity index (χ0v) is 7.31. The number of phosphoric ester groups is 1. The molecule has 0 amide bonds. The molecule has 0 radical (unpaired) electrons. The Kier molecular flexibility index (Phi) is 4.86. The molecule has 0 spiro atoms. The van der Waals surface area contributed by atoms with Gasteiger partial charge in [0.2, 0.25) is 0 Å². The molecule has 0 rings (SSSR count). The highest BCUT2D eigenvalue weighted by atomic mass is 35.5. The van der Waals surface area contributed by atoms with Crippen LogP contribution in [0.3, 0.4) is 0 Å². The predicted molar refractivity (Wildman–Crippen MR) is 38.4 cm³/mol. The van der Waals surface area contributed by atoms with Crippen LogP contribution in [0.15, 0.2) is 0 Å². The van der Waals surface area contributed by atoms with Gasteiger partial charge < -0.3 is 9.79 Å². The standard InChI is InChI=1S/C3H7Cl2O4P/c4-1-3(5)2-9-10(6,7)8/h3H,1-2H2,(H2,6,7,8). The van der Waals surface area contributed by atoms with Gasteiger partial charge in [0.1, 0.15) is 0 Å². The predicted octanol–water partition coefficient (Wildman–Crippen LogP) is 0.942. The average Bonchev–Trinajstić information content (AvgIpc) is 1.81. The smallest absolute Gasteiger partial charge is 0.303 e. The lowest BCUT2D eigenvalue weighted by Gasteiger charge is -2.06. The number of hydrogen-bond acceptors (Lipinski definition) is 2. The highest BCUT2D eigenvalue weighted by molar-refractivity contribution is 7.46. The van der Waals surface area contributed by atoms with Crippen molar-refractivity contribution < 1.29 is 18.9 Å². The third kappa shape index (κ3) is 6.81. The van der Waals surface area contributed by atoms with Crippen LogP contribution in [0.5, 0.6) is 0 Å². The van der Waals surface area contributed by atoms with E-state index in [0.29, 0.717) is 0 Å². The number of rotatable bonds is 4. The molecule has 0 aromatic rings. The lowest BCUT2D eigenvalue weighted by Crippen LogP contribution is -2.08. The van der Waals surface area contributed by atoms with Crippen LogP contribution in [0.4, 0.5) is 0 Å². The molecule has 7 heteroatoms. The normalized spacial score (nSPS) is 15.2. The van der Waals surface area contributed by atoms with Crippen molar-refractivity contribution in [1.82, 2.24) is 0 Å². The number of phosphoric acid groups is 1. The van der Waals surface area contributed by atoms with E-state index in [1.54, 1.807) is 0 Å². The summed E-state index contributed by atoms with van der Waals surface area (Å²) in [7, 11) is -4.38. The van der Waals surface area contributed by atoms with E-state index >= 15 is 0 Å². The molecule has 0 aromatic carbocycles. The second kappa shape index (κ2) is 4.54. The Morgan fingerprint density at radius 1 is 1.60 bits per heavy atom. The first-order valence-electron chi connectivity index (χ1n) is 2.36. The van der Waals surface area contributed by atoms with Gasteiger partial charge in [0.05, 0.1) is 12.0 Å². The highest BCUT2D eigenvalue weighted by Crippen LogP contribution is 2.36. The third-order valence-corrected chi connectivity index (χ3v) is 1.89. The van der Waals surface area contributed by atoms with Crippen molar-refractivity contribution >= 4 is 31.0 Å². The fraction of sp³-hybridized carbons (Fsp3) is 1.00. The number of alkyl halides is 2. The SMILES string of the molecule is O=P(O)(O)OCC(Cl)CCl. The Balaban J connectivity index is 3.46. The molecule has 0 bridgehead atoms. The van der Waals surface area contributed by atoms with E-state index in [9.17, 15) is 4.57 Å². The Morgan fingerprint density at radius 2 is 2.10 bits per heavy atom. The first-order chi connectivity index (χ1) is 4.45. The maximum atomic E-state index is 10.0. The van der Waals surface area contributed by atoms with Gasteiger partial charge in [-0.2, -0.15) is 0 Å². The molecular weight excluding hydrogens is 202 g/mol. The summed E-state index contributed by atoms with van der Waals surface area (Å²) in [6, 6.07) is 0. The van der Waals surface area contributed by atoms with E-state index in [0.717, 1.165) is 0 Å². The van der Waals surface area contributed by atoms with E-state index in [2.05, 4.69) is 4.52 Å². The first kappa shape index (κ1) is 10.7. The molecule has 0 fully saturated rings. The largest absolute Gasteiger partial charge is 0.469 e. The van der Waals surface area contributed by atoms with Crippen molar-refractivity contribution in [1.29, 1.82) is 0 Å². The average molecular weight is 209 g/mol. The minimum Gasteiger partial charge on any atom is -0.303 e. The lowest BCUT2D eigenvalue weighted by molar-refractivity contribution is 0.199. The Labute approximate surface area is 68.3 Å². The van der Waals surface area contributed by atoms with Crippen LogP contribution in [-0.4, -0.2) is 27.7 Å². The van der Waals surface area contributed by atoms with Crippen LogP contribution in [0, 0.1) is 0 Å². The van der Waals surface area contributed by atoms with Crippen LogP contribution in [0.1, 0.15) is 0 Å². The van der Waals surface area contributed by atoms with Gasteiger partial charge in [0.25, 0.3) is 0 Å². The topological polar surface area (TPSA) is 66.8 Å². The molecule has 0 aliphatic heterocycles. The van der Waals surface area contributed by atoms with Crippen LogP contribution in [0.2, 0.25) is 0 Å². The summed E-state index contributed by atoms with van der Waals surface area (Å²) in [4.78, 5) is 16.3. The molecule has 0 heterocycles.